The van der Waals surface area contributed by atoms with Crippen molar-refractivity contribution in [1.29, 1.82) is 0 Å². The van der Waals surface area contributed by atoms with Crippen LogP contribution in [-0.2, 0) is 11.3 Å². The number of nitrogens with zero attached hydrogens (tertiary/aromatic N) is 2. The molecular formula is C20H31IN4O2S. The van der Waals surface area contributed by atoms with Crippen molar-refractivity contribution in [2.24, 2.45) is 4.99 Å². The Morgan fingerprint density at radius 2 is 2.18 bits per heavy atom. The van der Waals surface area contributed by atoms with Gasteiger partial charge in [0.2, 0.25) is 5.89 Å². The lowest BCUT2D eigenvalue weighted by Crippen LogP contribution is -2.38. The highest BCUT2D eigenvalue weighted by molar-refractivity contribution is 14.0. The molecule has 8 heteroatoms. The quantitative estimate of drug-likeness (QED) is 0.216. The monoisotopic (exact) mass is 518 g/mol. The Balaban J connectivity index is 0.00000280. The van der Waals surface area contributed by atoms with Gasteiger partial charge in [-0.1, -0.05) is 25.3 Å². The van der Waals surface area contributed by atoms with Crippen molar-refractivity contribution >= 4 is 41.3 Å². The SMILES string of the molecule is CCNC(=NCc1coc(-c2cccs2)n1)NCCCOC1CCCCC1.I. The normalized spacial score (nSPS) is 15.2. The molecule has 0 radical (unpaired) electrons. The van der Waals surface area contributed by atoms with Gasteiger partial charge in [0.05, 0.1) is 17.5 Å². The molecule has 1 aliphatic rings. The highest BCUT2D eigenvalue weighted by atomic mass is 127. The second-order valence-electron chi connectivity index (χ2n) is 6.73. The van der Waals surface area contributed by atoms with Crippen LogP contribution in [0.25, 0.3) is 10.8 Å². The van der Waals surface area contributed by atoms with Gasteiger partial charge in [-0.3, -0.25) is 0 Å². The average molecular weight is 518 g/mol. The Kier molecular flexibility index (Phi) is 10.9. The first kappa shape index (κ1) is 23.2. The number of ether oxygens (including phenoxy) is 1. The minimum Gasteiger partial charge on any atom is -0.443 e. The van der Waals surface area contributed by atoms with Crippen molar-refractivity contribution in [3.63, 3.8) is 0 Å². The standard InChI is InChI=1S/C20H30N4O2S.HI/c1-2-21-20(22-11-7-12-25-17-8-4-3-5-9-17)23-14-16-15-26-19(24-16)18-10-6-13-27-18;/h6,10,13,15,17H,2-5,7-9,11-12,14H2,1H3,(H2,21,22,23);1H. The molecule has 3 rings (SSSR count). The maximum atomic E-state index is 5.97. The van der Waals surface area contributed by atoms with Crippen LogP contribution in [0, 0.1) is 0 Å². The molecule has 2 aromatic rings. The van der Waals surface area contributed by atoms with Crippen LogP contribution in [0.1, 0.15) is 51.1 Å². The van der Waals surface area contributed by atoms with Gasteiger partial charge < -0.3 is 19.8 Å². The summed E-state index contributed by atoms with van der Waals surface area (Å²) in [6, 6.07) is 4.00. The molecule has 2 N–H and O–H groups in total. The van der Waals surface area contributed by atoms with Crippen molar-refractivity contribution in [2.45, 2.75) is 58.1 Å². The second kappa shape index (κ2) is 13.2. The molecular weight excluding hydrogens is 487 g/mol. The number of aromatic nitrogens is 1. The fraction of sp³-hybridized carbons (Fsp3) is 0.600. The van der Waals surface area contributed by atoms with Gasteiger partial charge in [-0.05, 0) is 37.6 Å². The van der Waals surface area contributed by atoms with Gasteiger partial charge in [0.1, 0.15) is 12.0 Å². The Labute approximate surface area is 188 Å². The topological polar surface area (TPSA) is 71.7 Å². The molecule has 6 nitrogen and oxygen atoms in total. The maximum Gasteiger partial charge on any atom is 0.236 e. The number of halogens is 1. The smallest absolute Gasteiger partial charge is 0.236 e. The summed E-state index contributed by atoms with van der Waals surface area (Å²) < 4.78 is 11.5. The van der Waals surface area contributed by atoms with E-state index >= 15 is 0 Å². The van der Waals surface area contributed by atoms with E-state index < -0.39 is 0 Å². The molecule has 1 aliphatic carbocycles. The van der Waals surface area contributed by atoms with Gasteiger partial charge in [-0.25, -0.2) is 9.98 Å². The van der Waals surface area contributed by atoms with Gasteiger partial charge in [-0.15, -0.1) is 35.3 Å². The molecule has 0 spiro atoms. The summed E-state index contributed by atoms with van der Waals surface area (Å²) >= 11 is 1.62. The average Bonchev–Trinajstić information content (AvgIpc) is 3.38. The number of hydrogen-bond donors (Lipinski definition) is 2. The molecule has 0 atom stereocenters. The molecule has 1 saturated carbocycles. The summed E-state index contributed by atoms with van der Waals surface area (Å²) in [6.45, 7) is 5.03. The molecule has 2 aromatic heterocycles. The molecule has 0 amide bonds. The van der Waals surface area contributed by atoms with E-state index in [-0.39, 0.29) is 24.0 Å². The van der Waals surface area contributed by atoms with Crippen molar-refractivity contribution in [2.75, 3.05) is 19.7 Å². The predicted octanol–water partition coefficient (Wildman–Crippen LogP) is 4.82. The van der Waals surface area contributed by atoms with Crippen LogP contribution in [0.2, 0.25) is 0 Å². The molecule has 1 fully saturated rings. The fourth-order valence-electron chi connectivity index (χ4n) is 3.16. The first-order valence-corrected chi connectivity index (χ1v) is 10.8. The van der Waals surface area contributed by atoms with Gasteiger partial charge in [0, 0.05) is 19.7 Å². The van der Waals surface area contributed by atoms with Crippen LogP contribution in [0.15, 0.2) is 33.2 Å². The van der Waals surface area contributed by atoms with Crippen molar-refractivity contribution in [3.8, 4) is 10.8 Å². The largest absolute Gasteiger partial charge is 0.443 e. The van der Waals surface area contributed by atoms with E-state index in [0.29, 0.717) is 18.5 Å². The zero-order valence-electron chi connectivity index (χ0n) is 16.5. The summed E-state index contributed by atoms with van der Waals surface area (Å²) in [5.74, 6) is 1.46. The Hall–Kier alpha value is -1.13. The van der Waals surface area contributed by atoms with Crippen LogP contribution >= 0.6 is 35.3 Å². The third kappa shape index (κ3) is 7.71. The van der Waals surface area contributed by atoms with E-state index in [1.54, 1.807) is 17.6 Å². The fourth-order valence-corrected chi connectivity index (χ4v) is 3.81. The summed E-state index contributed by atoms with van der Waals surface area (Å²) in [5.41, 5.74) is 0.830. The van der Waals surface area contributed by atoms with Crippen LogP contribution in [0.5, 0.6) is 0 Å². The molecule has 156 valence electrons. The number of guanidine groups is 1. The lowest BCUT2D eigenvalue weighted by Gasteiger charge is -2.22. The predicted molar refractivity (Wildman–Crippen MR) is 125 cm³/mol. The minimum atomic E-state index is 0. The third-order valence-electron chi connectivity index (χ3n) is 4.55. The first-order valence-electron chi connectivity index (χ1n) is 9.97. The van der Waals surface area contributed by atoms with Gasteiger partial charge in [0.25, 0.3) is 0 Å². The number of aliphatic imine (C=N–C) groups is 1. The van der Waals surface area contributed by atoms with Crippen molar-refractivity contribution < 1.29 is 9.15 Å². The lowest BCUT2D eigenvalue weighted by molar-refractivity contribution is 0.0277. The van der Waals surface area contributed by atoms with Crippen LogP contribution in [-0.4, -0.2) is 36.7 Å². The van der Waals surface area contributed by atoms with Crippen LogP contribution in [0.3, 0.4) is 0 Å². The van der Waals surface area contributed by atoms with Gasteiger partial charge in [-0.2, -0.15) is 0 Å². The van der Waals surface area contributed by atoms with Crippen LogP contribution in [0.4, 0.5) is 0 Å². The first-order chi connectivity index (χ1) is 13.3. The maximum absolute atomic E-state index is 5.97. The molecule has 0 bridgehead atoms. The number of nitrogens with one attached hydrogen (secondary N) is 2. The third-order valence-corrected chi connectivity index (χ3v) is 5.40. The molecule has 0 aliphatic heterocycles. The van der Waals surface area contributed by atoms with E-state index in [1.165, 1.54) is 32.1 Å². The van der Waals surface area contributed by atoms with E-state index in [4.69, 9.17) is 9.15 Å². The second-order valence-corrected chi connectivity index (χ2v) is 7.68. The number of thiophene rings is 1. The molecule has 2 heterocycles. The number of hydrogen-bond acceptors (Lipinski definition) is 5. The Morgan fingerprint density at radius 3 is 2.93 bits per heavy atom. The lowest BCUT2D eigenvalue weighted by atomic mass is 9.98. The number of rotatable bonds is 9. The van der Waals surface area contributed by atoms with E-state index in [0.717, 1.165) is 42.6 Å². The Morgan fingerprint density at radius 1 is 1.32 bits per heavy atom. The van der Waals surface area contributed by atoms with Gasteiger partial charge in [0.15, 0.2) is 5.96 Å². The molecule has 28 heavy (non-hydrogen) atoms. The van der Waals surface area contributed by atoms with Crippen LogP contribution < -0.4 is 10.6 Å². The van der Waals surface area contributed by atoms with E-state index in [1.807, 2.05) is 17.5 Å². The highest BCUT2D eigenvalue weighted by Gasteiger charge is 2.13. The van der Waals surface area contributed by atoms with Crippen molar-refractivity contribution in [1.82, 2.24) is 15.6 Å². The number of oxazole rings is 1. The molecule has 0 saturated heterocycles. The summed E-state index contributed by atoms with van der Waals surface area (Å²) in [6.07, 6.45) is 9.58. The Bertz CT molecular complexity index is 684. The minimum absolute atomic E-state index is 0. The van der Waals surface area contributed by atoms with E-state index in [9.17, 15) is 0 Å². The summed E-state index contributed by atoms with van der Waals surface area (Å²) in [4.78, 5) is 10.1. The molecule has 0 unspecified atom stereocenters. The highest BCUT2D eigenvalue weighted by Crippen LogP contribution is 2.23. The van der Waals surface area contributed by atoms with Crippen molar-refractivity contribution in [3.05, 3.63) is 29.5 Å². The molecule has 0 aromatic carbocycles. The summed E-state index contributed by atoms with van der Waals surface area (Å²) in [7, 11) is 0. The zero-order chi connectivity index (χ0) is 18.7. The summed E-state index contributed by atoms with van der Waals surface area (Å²) in [5, 5.41) is 8.65. The van der Waals surface area contributed by atoms with Gasteiger partial charge >= 0.3 is 0 Å². The zero-order valence-corrected chi connectivity index (χ0v) is 19.6. The van der Waals surface area contributed by atoms with E-state index in [2.05, 4.69) is 27.5 Å².